The summed E-state index contributed by atoms with van der Waals surface area (Å²) in [6, 6.07) is 4.01. The van der Waals surface area contributed by atoms with Crippen molar-refractivity contribution < 1.29 is 18.3 Å². The van der Waals surface area contributed by atoms with Crippen LogP contribution in [0.25, 0.3) is 0 Å². The van der Waals surface area contributed by atoms with Crippen molar-refractivity contribution in [1.29, 1.82) is 0 Å². The fourth-order valence-corrected chi connectivity index (χ4v) is 1.66. The third-order valence-corrected chi connectivity index (χ3v) is 3.27. The molecule has 0 heterocycles. The number of ether oxygens (including phenoxy) is 1. The first-order valence-corrected chi connectivity index (χ1v) is 5.49. The molecule has 1 aromatic carbocycles. The van der Waals surface area contributed by atoms with Crippen LogP contribution in [0.4, 0.5) is 8.78 Å². The minimum atomic E-state index is -2.56. The van der Waals surface area contributed by atoms with E-state index in [1.807, 2.05) is 0 Å². The molecule has 0 aliphatic heterocycles. The number of carbonyl (C=O) groups is 1. The van der Waals surface area contributed by atoms with Gasteiger partial charge in [0.2, 0.25) is 0 Å². The van der Waals surface area contributed by atoms with E-state index in [0.717, 1.165) is 0 Å². The van der Waals surface area contributed by atoms with Crippen molar-refractivity contribution in [3.63, 3.8) is 0 Å². The summed E-state index contributed by atoms with van der Waals surface area (Å²) in [7, 11) is 1.43. The van der Waals surface area contributed by atoms with Crippen LogP contribution in [-0.2, 0) is 4.79 Å². The number of benzene rings is 1. The van der Waals surface area contributed by atoms with Gasteiger partial charge in [-0.25, -0.2) is 8.78 Å². The summed E-state index contributed by atoms with van der Waals surface area (Å²) < 4.78 is 30.0. The van der Waals surface area contributed by atoms with E-state index in [9.17, 15) is 13.6 Å². The lowest BCUT2D eigenvalue weighted by atomic mass is 10.0. The van der Waals surface area contributed by atoms with Crippen LogP contribution in [0.5, 0.6) is 5.75 Å². The smallest absolute Gasteiger partial charge is 0.263 e. The highest BCUT2D eigenvalue weighted by molar-refractivity contribution is 9.09. The molecule has 0 N–H and O–H groups in total. The van der Waals surface area contributed by atoms with Gasteiger partial charge in [-0.3, -0.25) is 4.79 Å². The van der Waals surface area contributed by atoms with Gasteiger partial charge in [0, 0.05) is 11.1 Å². The standard InChI is InChI=1S/C11H11BrF2O2/c1-6(15)10(12)8-5-7(11(13)14)3-4-9(8)16-2/h3-5,10-11H,1-2H3. The predicted molar refractivity (Wildman–Crippen MR) is 60.3 cm³/mol. The van der Waals surface area contributed by atoms with Crippen molar-refractivity contribution in [2.45, 2.75) is 18.2 Å². The number of alkyl halides is 3. The summed E-state index contributed by atoms with van der Waals surface area (Å²) in [4.78, 5) is 10.6. The Morgan fingerprint density at radius 2 is 2.06 bits per heavy atom. The molecule has 0 aliphatic rings. The van der Waals surface area contributed by atoms with Gasteiger partial charge in [0.05, 0.1) is 7.11 Å². The first-order valence-electron chi connectivity index (χ1n) is 4.58. The van der Waals surface area contributed by atoms with Crippen LogP contribution < -0.4 is 4.74 Å². The summed E-state index contributed by atoms with van der Waals surface area (Å²) in [6.45, 7) is 1.38. The summed E-state index contributed by atoms with van der Waals surface area (Å²) in [5.41, 5.74) is 0.300. The molecule has 16 heavy (non-hydrogen) atoms. The molecule has 5 heteroatoms. The van der Waals surface area contributed by atoms with Gasteiger partial charge >= 0.3 is 0 Å². The zero-order valence-corrected chi connectivity index (χ0v) is 10.4. The number of hydrogen-bond donors (Lipinski definition) is 0. The van der Waals surface area contributed by atoms with Gasteiger partial charge in [-0.15, -0.1) is 0 Å². The second-order valence-electron chi connectivity index (χ2n) is 3.28. The van der Waals surface area contributed by atoms with Crippen LogP contribution in [-0.4, -0.2) is 12.9 Å². The van der Waals surface area contributed by atoms with E-state index < -0.39 is 11.3 Å². The summed E-state index contributed by atoms with van der Waals surface area (Å²) >= 11 is 3.15. The van der Waals surface area contributed by atoms with Crippen molar-refractivity contribution >= 4 is 21.7 Å². The molecule has 0 aromatic heterocycles. The van der Waals surface area contributed by atoms with Gasteiger partial charge in [0.1, 0.15) is 16.4 Å². The molecule has 0 aliphatic carbocycles. The number of Topliss-reactive ketones (excluding diaryl/α,β-unsaturated/α-hetero) is 1. The Bertz CT molecular complexity index is 394. The third kappa shape index (κ3) is 2.78. The molecule has 0 fully saturated rings. The van der Waals surface area contributed by atoms with Crippen molar-refractivity contribution in [3.8, 4) is 5.75 Å². The average Bonchev–Trinajstić information content (AvgIpc) is 2.26. The Kier molecular flexibility index (Phi) is 4.41. The first-order chi connectivity index (χ1) is 7.47. The van der Waals surface area contributed by atoms with Gasteiger partial charge in [0.15, 0.2) is 0 Å². The summed E-state index contributed by atoms with van der Waals surface area (Å²) in [5.74, 6) is 0.256. The molecule has 88 valence electrons. The molecule has 1 atom stereocenters. The van der Waals surface area contributed by atoms with E-state index in [1.54, 1.807) is 0 Å². The van der Waals surface area contributed by atoms with Crippen molar-refractivity contribution in [1.82, 2.24) is 0 Å². The molecule has 0 radical (unpaired) electrons. The van der Waals surface area contributed by atoms with Crippen LogP contribution >= 0.6 is 15.9 Å². The van der Waals surface area contributed by atoms with E-state index in [-0.39, 0.29) is 11.3 Å². The lowest BCUT2D eigenvalue weighted by molar-refractivity contribution is -0.116. The minimum Gasteiger partial charge on any atom is -0.496 e. The van der Waals surface area contributed by atoms with Crippen molar-refractivity contribution in [3.05, 3.63) is 29.3 Å². The highest BCUT2D eigenvalue weighted by Gasteiger charge is 2.19. The molecule has 1 aromatic rings. The monoisotopic (exact) mass is 292 g/mol. The van der Waals surface area contributed by atoms with Gasteiger partial charge in [-0.2, -0.15) is 0 Å². The maximum Gasteiger partial charge on any atom is 0.263 e. The average molecular weight is 293 g/mol. The maximum absolute atomic E-state index is 12.5. The normalized spacial score (nSPS) is 12.6. The van der Waals surface area contributed by atoms with Crippen LogP contribution in [0.3, 0.4) is 0 Å². The van der Waals surface area contributed by atoms with Crippen LogP contribution in [0.15, 0.2) is 18.2 Å². The fraction of sp³-hybridized carbons (Fsp3) is 0.364. The van der Waals surface area contributed by atoms with E-state index in [1.165, 1.54) is 32.2 Å². The molecular weight excluding hydrogens is 282 g/mol. The molecule has 0 amide bonds. The zero-order valence-electron chi connectivity index (χ0n) is 8.84. The van der Waals surface area contributed by atoms with Gasteiger partial charge in [-0.05, 0) is 25.1 Å². The van der Waals surface area contributed by atoms with Crippen molar-refractivity contribution in [2.24, 2.45) is 0 Å². The zero-order chi connectivity index (χ0) is 12.3. The second-order valence-corrected chi connectivity index (χ2v) is 4.19. The summed E-state index contributed by atoms with van der Waals surface area (Å²) in [6.07, 6.45) is -2.56. The molecule has 1 rings (SSSR count). The largest absolute Gasteiger partial charge is 0.496 e. The number of methoxy groups -OCH3 is 1. The number of hydrogen-bond acceptors (Lipinski definition) is 2. The maximum atomic E-state index is 12.5. The van der Waals surface area contributed by atoms with Crippen LogP contribution in [0, 0.1) is 0 Å². The topological polar surface area (TPSA) is 26.3 Å². The molecular formula is C11H11BrF2O2. The first kappa shape index (κ1) is 13.1. The highest BCUT2D eigenvalue weighted by Crippen LogP contribution is 2.34. The van der Waals surface area contributed by atoms with Crippen molar-refractivity contribution in [2.75, 3.05) is 7.11 Å². The fourth-order valence-electron chi connectivity index (χ4n) is 1.31. The highest BCUT2D eigenvalue weighted by atomic mass is 79.9. The van der Waals surface area contributed by atoms with Gasteiger partial charge < -0.3 is 4.74 Å². The van der Waals surface area contributed by atoms with E-state index in [0.29, 0.717) is 11.3 Å². The van der Waals surface area contributed by atoms with Crippen LogP contribution in [0.2, 0.25) is 0 Å². The second kappa shape index (κ2) is 5.39. The Morgan fingerprint density at radius 3 is 2.50 bits per heavy atom. The van der Waals surface area contributed by atoms with Gasteiger partial charge in [-0.1, -0.05) is 15.9 Å². The minimum absolute atomic E-state index is 0.124. The lowest BCUT2D eigenvalue weighted by Gasteiger charge is -2.13. The van der Waals surface area contributed by atoms with Gasteiger partial charge in [0.25, 0.3) is 6.43 Å². The van der Waals surface area contributed by atoms with Crippen LogP contribution in [0.1, 0.15) is 29.3 Å². The van der Waals surface area contributed by atoms with E-state index >= 15 is 0 Å². The molecule has 2 nitrogen and oxygen atoms in total. The summed E-state index contributed by atoms with van der Waals surface area (Å²) in [5, 5.41) is 0. The number of halogens is 3. The Morgan fingerprint density at radius 1 is 1.44 bits per heavy atom. The Hall–Kier alpha value is -0.970. The molecule has 0 saturated heterocycles. The molecule has 0 bridgehead atoms. The third-order valence-electron chi connectivity index (χ3n) is 2.14. The number of rotatable bonds is 4. The van der Waals surface area contributed by atoms with E-state index in [2.05, 4.69) is 15.9 Å². The molecule has 0 saturated carbocycles. The number of carbonyl (C=O) groups excluding carboxylic acids is 1. The quantitative estimate of drug-likeness (QED) is 0.792. The number of ketones is 1. The lowest BCUT2D eigenvalue weighted by Crippen LogP contribution is -2.04. The SMILES string of the molecule is COc1ccc(C(F)F)cc1C(Br)C(C)=O. The predicted octanol–water partition coefficient (Wildman–Crippen LogP) is 3.66. The molecule has 1 unspecified atom stereocenters. The van der Waals surface area contributed by atoms with E-state index in [4.69, 9.17) is 4.74 Å². The Balaban J connectivity index is 3.21. The molecule has 0 spiro atoms. The Labute approximate surface area is 101 Å².